The molecule has 0 bridgehead atoms. The van der Waals surface area contributed by atoms with E-state index in [0.29, 0.717) is 16.5 Å². The summed E-state index contributed by atoms with van der Waals surface area (Å²) < 4.78 is 4.67. The molecule has 0 atom stereocenters. The lowest BCUT2D eigenvalue weighted by Crippen LogP contribution is -2.45. The fourth-order valence-electron chi connectivity index (χ4n) is 1.65. The van der Waals surface area contributed by atoms with Gasteiger partial charge in [0.25, 0.3) is 0 Å². The number of ether oxygens (including phenoxy) is 1. The molecule has 1 saturated heterocycles. The van der Waals surface area contributed by atoms with E-state index in [1.54, 1.807) is 18.2 Å². The minimum Gasteiger partial charge on any atom is -0.465 e. The molecule has 92 valence electrons. The zero-order valence-corrected chi connectivity index (χ0v) is 10.4. The van der Waals surface area contributed by atoms with E-state index >= 15 is 0 Å². The van der Waals surface area contributed by atoms with Gasteiger partial charge < -0.3 is 15.4 Å². The van der Waals surface area contributed by atoms with Gasteiger partial charge in [-0.3, -0.25) is 0 Å². The molecule has 1 aliphatic heterocycles. The first-order valence-electron chi connectivity index (χ1n) is 5.53. The van der Waals surface area contributed by atoms with E-state index in [4.69, 9.17) is 11.6 Å². The largest absolute Gasteiger partial charge is 0.465 e. The second-order valence-corrected chi connectivity index (χ2v) is 4.50. The van der Waals surface area contributed by atoms with E-state index in [1.807, 2.05) is 0 Å². The lowest BCUT2D eigenvalue weighted by molar-refractivity contribution is 0.0601. The number of halogens is 1. The van der Waals surface area contributed by atoms with E-state index in [2.05, 4.69) is 15.4 Å². The van der Waals surface area contributed by atoms with Crippen molar-refractivity contribution in [3.63, 3.8) is 0 Å². The van der Waals surface area contributed by atoms with Gasteiger partial charge in [-0.1, -0.05) is 11.6 Å². The van der Waals surface area contributed by atoms with Crippen LogP contribution in [0, 0.1) is 5.92 Å². The van der Waals surface area contributed by atoms with Gasteiger partial charge in [-0.15, -0.1) is 0 Å². The fourth-order valence-corrected chi connectivity index (χ4v) is 1.84. The number of rotatable bonds is 4. The maximum atomic E-state index is 11.4. The van der Waals surface area contributed by atoms with Gasteiger partial charge in [0.15, 0.2) is 0 Å². The SMILES string of the molecule is COC(=O)c1ccc(Cl)c(NCC2CNC2)c1. The predicted octanol–water partition coefficient (Wildman–Crippen LogP) is 1.76. The number of anilines is 1. The molecule has 0 aliphatic carbocycles. The molecule has 0 amide bonds. The number of methoxy groups -OCH3 is 1. The number of carbonyl (C=O) groups excluding carboxylic acids is 1. The van der Waals surface area contributed by atoms with Crippen LogP contribution in [-0.2, 0) is 4.74 Å². The van der Waals surface area contributed by atoms with Crippen molar-refractivity contribution >= 4 is 23.3 Å². The molecule has 17 heavy (non-hydrogen) atoms. The smallest absolute Gasteiger partial charge is 0.337 e. The highest BCUT2D eigenvalue weighted by Crippen LogP contribution is 2.24. The molecule has 5 heteroatoms. The van der Waals surface area contributed by atoms with Crippen LogP contribution in [0.2, 0.25) is 5.02 Å². The summed E-state index contributed by atoms with van der Waals surface area (Å²) in [6.07, 6.45) is 0. The molecule has 2 N–H and O–H groups in total. The molecule has 2 rings (SSSR count). The van der Waals surface area contributed by atoms with E-state index in [-0.39, 0.29) is 5.97 Å². The second-order valence-electron chi connectivity index (χ2n) is 4.09. The Kier molecular flexibility index (Phi) is 3.86. The molecule has 0 spiro atoms. The summed E-state index contributed by atoms with van der Waals surface area (Å²) in [4.78, 5) is 11.4. The molecule has 1 aromatic carbocycles. The summed E-state index contributed by atoms with van der Waals surface area (Å²) in [5, 5.41) is 7.07. The summed E-state index contributed by atoms with van der Waals surface area (Å²) in [6, 6.07) is 5.08. The van der Waals surface area contributed by atoms with Crippen molar-refractivity contribution in [3.8, 4) is 0 Å². The van der Waals surface area contributed by atoms with E-state index < -0.39 is 0 Å². The fraction of sp³-hybridized carbons (Fsp3) is 0.417. The summed E-state index contributed by atoms with van der Waals surface area (Å²) in [5.41, 5.74) is 1.28. The Morgan fingerprint density at radius 3 is 2.94 bits per heavy atom. The van der Waals surface area contributed by atoms with Crippen LogP contribution >= 0.6 is 11.6 Å². The molecule has 0 saturated carbocycles. The number of benzene rings is 1. The third-order valence-corrected chi connectivity index (χ3v) is 3.16. The highest BCUT2D eigenvalue weighted by Gasteiger charge is 2.17. The zero-order chi connectivity index (χ0) is 12.3. The lowest BCUT2D eigenvalue weighted by Gasteiger charge is -2.27. The molecule has 1 fully saturated rings. The highest BCUT2D eigenvalue weighted by atomic mass is 35.5. The minimum absolute atomic E-state index is 0.352. The predicted molar refractivity (Wildman–Crippen MR) is 67.6 cm³/mol. The molecule has 1 aliphatic rings. The summed E-state index contributed by atoms with van der Waals surface area (Å²) >= 11 is 6.06. The van der Waals surface area contributed by atoms with Gasteiger partial charge in [0.05, 0.1) is 23.4 Å². The van der Waals surface area contributed by atoms with Crippen molar-refractivity contribution in [2.24, 2.45) is 5.92 Å². The topological polar surface area (TPSA) is 50.4 Å². The number of nitrogens with one attached hydrogen (secondary N) is 2. The van der Waals surface area contributed by atoms with Gasteiger partial charge in [0.1, 0.15) is 0 Å². The van der Waals surface area contributed by atoms with Gasteiger partial charge in [-0.25, -0.2) is 4.79 Å². The van der Waals surface area contributed by atoms with Crippen LogP contribution in [-0.4, -0.2) is 32.7 Å². The molecule has 0 radical (unpaired) electrons. The minimum atomic E-state index is -0.352. The van der Waals surface area contributed by atoms with Crippen LogP contribution in [0.1, 0.15) is 10.4 Å². The normalized spacial score (nSPS) is 15.2. The maximum Gasteiger partial charge on any atom is 0.337 e. The average molecular weight is 255 g/mol. The molecule has 0 unspecified atom stereocenters. The average Bonchev–Trinajstić information content (AvgIpc) is 2.28. The first-order valence-corrected chi connectivity index (χ1v) is 5.91. The van der Waals surface area contributed by atoms with E-state index in [1.165, 1.54) is 7.11 Å². The standard InChI is InChI=1S/C12H15ClN2O2/c1-17-12(16)9-2-3-10(13)11(4-9)15-7-8-5-14-6-8/h2-4,8,14-15H,5-7H2,1H3. The summed E-state index contributed by atoms with van der Waals surface area (Å²) in [6.45, 7) is 2.92. The van der Waals surface area contributed by atoms with Crippen LogP contribution in [0.25, 0.3) is 0 Å². The van der Waals surface area contributed by atoms with E-state index in [0.717, 1.165) is 25.3 Å². The van der Waals surface area contributed by atoms with Crippen molar-refractivity contribution < 1.29 is 9.53 Å². The zero-order valence-electron chi connectivity index (χ0n) is 9.63. The monoisotopic (exact) mass is 254 g/mol. The third kappa shape index (κ3) is 2.90. The van der Waals surface area contributed by atoms with Gasteiger partial charge >= 0.3 is 5.97 Å². The Hall–Kier alpha value is -1.26. The Balaban J connectivity index is 2.05. The van der Waals surface area contributed by atoms with Crippen molar-refractivity contribution in [1.82, 2.24) is 5.32 Å². The van der Waals surface area contributed by atoms with Crippen molar-refractivity contribution in [3.05, 3.63) is 28.8 Å². The Morgan fingerprint density at radius 2 is 2.35 bits per heavy atom. The Bertz CT molecular complexity index is 419. The lowest BCUT2D eigenvalue weighted by atomic mass is 10.0. The number of carbonyl (C=O) groups is 1. The van der Waals surface area contributed by atoms with Gasteiger partial charge in [0.2, 0.25) is 0 Å². The van der Waals surface area contributed by atoms with Gasteiger partial charge in [0, 0.05) is 25.6 Å². The van der Waals surface area contributed by atoms with E-state index in [9.17, 15) is 4.79 Å². The number of hydrogen-bond acceptors (Lipinski definition) is 4. The Labute approximate surface area is 105 Å². The molecular formula is C12H15ClN2O2. The third-order valence-electron chi connectivity index (χ3n) is 2.83. The summed E-state index contributed by atoms with van der Waals surface area (Å²) in [7, 11) is 1.37. The highest BCUT2D eigenvalue weighted by molar-refractivity contribution is 6.33. The maximum absolute atomic E-state index is 11.4. The first kappa shape index (κ1) is 12.2. The molecule has 1 heterocycles. The number of hydrogen-bond donors (Lipinski definition) is 2. The second kappa shape index (κ2) is 5.38. The molecular weight excluding hydrogens is 240 g/mol. The summed E-state index contributed by atoms with van der Waals surface area (Å²) in [5.74, 6) is 0.280. The van der Waals surface area contributed by atoms with Gasteiger partial charge in [-0.2, -0.15) is 0 Å². The number of esters is 1. The molecule has 0 aromatic heterocycles. The van der Waals surface area contributed by atoms with Crippen LogP contribution < -0.4 is 10.6 Å². The quantitative estimate of drug-likeness (QED) is 0.804. The van der Waals surface area contributed by atoms with Crippen molar-refractivity contribution in [1.29, 1.82) is 0 Å². The van der Waals surface area contributed by atoms with Gasteiger partial charge in [-0.05, 0) is 18.2 Å². The van der Waals surface area contributed by atoms with Crippen LogP contribution in [0.5, 0.6) is 0 Å². The van der Waals surface area contributed by atoms with Crippen molar-refractivity contribution in [2.45, 2.75) is 0 Å². The van der Waals surface area contributed by atoms with Crippen LogP contribution in [0.3, 0.4) is 0 Å². The van der Waals surface area contributed by atoms with Crippen LogP contribution in [0.4, 0.5) is 5.69 Å². The van der Waals surface area contributed by atoms with Crippen molar-refractivity contribution in [2.75, 3.05) is 32.1 Å². The molecule has 1 aromatic rings. The Morgan fingerprint density at radius 1 is 1.59 bits per heavy atom. The van der Waals surface area contributed by atoms with Crippen LogP contribution in [0.15, 0.2) is 18.2 Å². The first-order chi connectivity index (χ1) is 8.20. The molecule has 4 nitrogen and oxygen atoms in total.